The van der Waals surface area contributed by atoms with E-state index in [1.54, 1.807) is 24.5 Å². The van der Waals surface area contributed by atoms with Crippen LogP contribution in [0.25, 0.3) is 22.2 Å². The van der Waals surface area contributed by atoms with Crippen LogP contribution in [0.3, 0.4) is 0 Å². The van der Waals surface area contributed by atoms with Gasteiger partial charge in [0.25, 0.3) is 0 Å². The maximum atomic E-state index is 11.1. The summed E-state index contributed by atoms with van der Waals surface area (Å²) in [6.45, 7) is 0.154. The van der Waals surface area contributed by atoms with Crippen LogP contribution in [0.5, 0.6) is 0 Å². The molecule has 2 heterocycles. The molecule has 0 amide bonds. The van der Waals surface area contributed by atoms with Crippen molar-refractivity contribution in [2.24, 2.45) is 0 Å². The Bertz CT molecular complexity index is 842. The minimum Gasteiger partial charge on any atom is -0.408 e. The van der Waals surface area contributed by atoms with Gasteiger partial charge in [0.05, 0.1) is 11.6 Å². The third-order valence-electron chi connectivity index (χ3n) is 2.73. The third-order valence-corrected chi connectivity index (χ3v) is 2.73. The average molecular weight is 267 g/mol. The quantitative estimate of drug-likeness (QED) is 0.696. The Morgan fingerprint density at radius 2 is 2.10 bits per heavy atom. The number of oxazole rings is 1. The number of nitrogens with one attached hydrogen (secondary N) is 2. The smallest absolute Gasteiger partial charge is 0.408 e. The van der Waals surface area contributed by atoms with Gasteiger partial charge in [0.1, 0.15) is 6.54 Å². The lowest BCUT2D eigenvalue weighted by atomic mass is 10.1. The lowest BCUT2D eigenvalue weighted by Gasteiger charge is -2.02. The lowest BCUT2D eigenvalue weighted by Crippen LogP contribution is -2.02. The van der Waals surface area contributed by atoms with E-state index in [2.05, 4.69) is 20.3 Å². The summed E-state index contributed by atoms with van der Waals surface area (Å²) < 4.78 is 4.94. The number of benzene rings is 1. The number of fused-ring (bicyclic) bond motifs is 1. The van der Waals surface area contributed by atoms with E-state index in [0.717, 1.165) is 11.1 Å². The molecule has 2 N–H and O–H groups in total. The first-order valence-corrected chi connectivity index (χ1v) is 5.82. The fourth-order valence-corrected chi connectivity index (χ4v) is 1.82. The fraction of sp³-hybridized carbons (Fsp3) is 0.0769. The minimum atomic E-state index is -0.482. The van der Waals surface area contributed by atoms with Crippen molar-refractivity contribution in [2.45, 2.75) is 0 Å². The molecule has 1 aromatic carbocycles. The number of nitrogens with zero attached hydrogens (tertiary/aromatic N) is 3. The standard InChI is InChI=1S/C13H9N5O2/c14-3-4-15-12-16-6-9(7-17-12)8-1-2-11-10(5-8)18-13(19)20-11/h1-2,5-7H,4H2,(H,18,19)(H,15,16,17). The zero-order valence-electron chi connectivity index (χ0n) is 10.3. The largest absolute Gasteiger partial charge is 0.417 e. The van der Waals surface area contributed by atoms with Gasteiger partial charge in [-0.2, -0.15) is 5.26 Å². The third kappa shape index (κ3) is 2.22. The molecular formula is C13H9N5O2. The summed E-state index contributed by atoms with van der Waals surface area (Å²) in [6, 6.07) is 7.27. The van der Waals surface area contributed by atoms with Crippen LogP contribution in [0.15, 0.2) is 39.8 Å². The molecule has 2 aromatic heterocycles. The van der Waals surface area contributed by atoms with Gasteiger partial charge in [-0.1, -0.05) is 6.07 Å². The second-order valence-electron chi connectivity index (χ2n) is 4.03. The molecule has 0 aliphatic rings. The van der Waals surface area contributed by atoms with Gasteiger partial charge in [0.2, 0.25) is 5.95 Å². The first-order valence-electron chi connectivity index (χ1n) is 5.82. The van der Waals surface area contributed by atoms with Crippen molar-refractivity contribution in [3.63, 3.8) is 0 Å². The number of aromatic amines is 1. The van der Waals surface area contributed by atoms with Crippen LogP contribution in [0, 0.1) is 11.3 Å². The zero-order chi connectivity index (χ0) is 13.9. The van der Waals surface area contributed by atoms with Crippen molar-refractivity contribution in [3.8, 4) is 17.2 Å². The van der Waals surface area contributed by atoms with E-state index in [1.165, 1.54) is 0 Å². The minimum absolute atomic E-state index is 0.154. The van der Waals surface area contributed by atoms with Crippen molar-refractivity contribution in [2.75, 3.05) is 11.9 Å². The number of hydrogen-bond donors (Lipinski definition) is 2. The number of anilines is 1. The van der Waals surface area contributed by atoms with Gasteiger partial charge in [-0.25, -0.2) is 14.8 Å². The van der Waals surface area contributed by atoms with E-state index >= 15 is 0 Å². The van der Waals surface area contributed by atoms with Gasteiger partial charge < -0.3 is 9.73 Å². The van der Waals surface area contributed by atoms with Crippen molar-refractivity contribution in [3.05, 3.63) is 41.1 Å². The van der Waals surface area contributed by atoms with E-state index in [9.17, 15) is 4.79 Å². The Kier molecular flexibility index (Phi) is 2.89. The molecule has 20 heavy (non-hydrogen) atoms. The van der Waals surface area contributed by atoms with Crippen molar-refractivity contribution in [1.29, 1.82) is 5.26 Å². The number of aromatic nitrogens is 3. The molecule has 0 aliphatic carbocycles. The predicted molar refractivity (Wildman–Crippen MR) is 72.0 cm³/mol. The first kappa shape index (κ1) is 11.9. The predicted octanol–water partition coefficient (Wildman–Crippen LogP) is 1.51. The van der Waals surface area contributed by atoms with E-state index in [-0.39, 0.29) is 6.54 Å². The van der Waals surface area contributed by atoms with Gasteiger partial charge in [-0.3, -0.25) is 4.98 Å². The van der Waals surface area contributed by atoms with Crippen LogP contribution in [0.1, 0.15) is 0 Å². The zero-order valence-corrected chi connectivity index (χ0v) is 10.3. The van der Waals surface area contributed by atoms with Gasteiger partial charge in [0, 0.05) is 18.0 Å². The maximum absolute atomic E-state index is 11.1. The molecule has 7 heteroatoms. The summed E-state index contributed by atoms with van der Waals surface area (Å²) >= 11 is 0. The molecule has 0 saturated carbocycles. The molecule has 0 aliphatic heterocycles. The average Bonchev–Trinajstić information content (AvgIpc) is 2.84. The normalized spacial score (nSPS) is 10.3. The summed E-state index contributed by atoms with van der Waals surface area (Å²) in [6.07, 6.45) is 3.29. The van der Waals surface area contributed by atoms with Crippen molar-refractivity contribution < 1.29 is 4.42 Å². The number of H-pyrrole nitrogens is 1. The Hall–Kier alpha value is -3.14. The van der Waals surface area contributed by atoms with Gasteiger partial charge in [-0.15, -0.1) is 0 Å². The number of hydrogen-bond acceptors (Lipinski definition) is 6. The van der Waals surface area contributed by atoms with Crippen LogP contribution in [-0.4, -0.2) is 21.5 Å². The second-order valence-corrected chi connectivity index (χ2v) is 4.03. The Morgan fingerprint density at radius 1 is 1.30 bits per heavy atom. The lowest BCUT2D eigenvalue weighted by molar-refractivity contribution is 0.555. The number of rotatable bonds is 3. The Morgan fingerprint density at radius 3 is 2.85 bits per heavy atom. The maximum Gasteiger partial charge on any atom is 0.417 e. The SMILES string of the molecule is N#CCNc1ncc(-c2ccc3oc(=O)[nH]c3c2)cn1. The molecule has 0 radical (unpaired) electrons. The monoisotopic (exact) mass is 267 g/mol. The number of nitriles is 1. The topological polar surface area (TPSA) is 108 Å². The summed E-state index contributed by atoms with van der Waals surface area (Å²) in [5.74, 6) is -0.0856. The molecule has 0 atom stereocenters. The Balaban J connectivity index is 1.94. The molecule has 0 saturated heterocycles. The molecule has 98 valence electrons. The molecular weight excluding hydrogens is 258 g/mol. The second kappa shape index (κ2) is 4.85. The highest BCUT2D eigenvalue weighted by molar-refractivity contribution is 5.79. The van der Waals surface area contributed by atoms with Gasteiger partial charge in [0.15, 0.2) is 5.58 Å². The van der Waals surface area contributed by atoms with E-state index < -0.39 is 5.76 Å². The molecule has 0 bridgehead atoms. The van der Waals surface area contributed by atoms with Crippen LogP contribution in [-0.2, 0) is 0 Å². The molecule has 0 fully saturated rings. The van der Waals surface area contributed by atoms with Gasteiger partial charge >= 0.3 is 5.76 Å². The summed E-state index contributed by atoms with van der Waals surface area (Å²) in [7, 11) is 0. The highest BCUT2D eigenvalue weighted by Crippen LogP contribution is 2.22. The summed E-state index contributed by atoms with van der Waals surface area (Å²) in [5.41, 5.74) is 2.80. The highest BCUT2D eigenvalue weighted by Gasteiger charge is 2.05. The van der Waals surface area contributed by atoms with Gasteiger partial charge in [-0.05, 0) is 17.7 Å². The fourth-order valence-electron chi connectivity index (χ4n) is 1.82. The first-order chi connectivity index (χ1) is 9.76. The van der Waals surface area contributed by atoms with Crippen LogP contribution < -0.4 is 11.1 Å². The molecule has 7 nitrogen and oxygen atoms in total. The molecule has 0 spiro atoms. The molecule has 3 rings (SSSR count). The van der Waals surface area contributed by atoms with Crippen LogP contribution in [0.4, 0.5) is 5.95 Å². The van der Waals surface area contributed by atoms with E-state index in [4.69, 9.17) is 9.68 Å². The molecule has 0 unspecified atom stereocenters. The van der Waals surface area contributed by atoms with Crippen LogP contribution >= 0.6 is 0 Å². The van der Waals surface area contributed by atoms with E-state index in [0.29, 0.717) is 17.0 Å². The summed E-state index contributed by atoms with van der Waals surface area (Å²) in [4.78, 5) is 21.9. The van der Waals surface area contributed by atoms with Crippen LogP contribution in [0.2, 0.25) is 0 Å². The van der Waals surface area contributed by atoms with Crippen molar-refractivity contribution >= 4 is 17.0 Å². The van der Waals surface area contributed by atoms with Crippen molar-refractivity contribution in [1.82, 2.24) is 15.0 Å². The Labute approximate surface area is 112 Å². The summed E-state index contributed by atoms with van der Waals surface area (Å²) in [5, 5.41) is 11.2. The van der Waals surface area contributed by atoms with E-state index in [1.807, 2.05) is 12.1 Å². The highest BCUT2D eigenvalue weighted by atomic mass is 16.4. The molecule has 3 aromatic rings.